The zero-order valence-corrected chi connectivity index (χ0v) is 17.7. The quantitative estimate of drug-likeness (QED) is 0.690. The smallest absolute Gasteiger partial charge is 0.253 e. The number of aromatic nitrogens is 3. The summed E-state index contributed by atoms with van der Waals surface area (Å²) in [5.41, 5.74) is 1.56. The second kappa shape index (κ2) is 7.87. The molecule has 1 saturated carbocycles. The lowest BCUT2D eigenvalue weighted by atomic mass is 10.2. The zero-order chi connectivity index (χ0) is 20.6. The van der Waals surface area contributed by atoms with Crippen molar-refractivity contribution in [1.29, 1.82) is 0 Å². The van der Waals surface area contributed by atoms with Crippen LogP contribution in [-0.4, -0.2) is 64.7 Å². The van der Waals surface area contributed by atoms with Crippen LogP contribution < -0.4 is 0 Å². The Labute approximate surface area is 171 Å². The van der Waals surface area contributed by atoms with Crippen LogP contribution in [-0.2, 0) is 10.0 Å². The van der Waals surface area contributed by atoms with Crippen LogP contribution in [0.25, 0.3) is 0 Å². The molecule has 1 atom stereocenters. The summed E-state index contributed by atoms with van der Waals surface area (Å²) < 4.78 is 28.5. The number of nitrogens with zero attached hydrogens (tertiary/aromatic N) is 5. The molecule has 0 radical (unpaired) electrons. The van der Waals surface area contributed by atoms with Crippen molar-refractivity contribution in [3.63, 3.8) is 0 Å². The maximum absolute atomic E-state index is 12.9. The average Bonchev–Trinajstić information content (AvgIpc) is 3.26. The van der Waals surface area contributed by atoms with E-state index >= 15 is 0 Å². The maximum atomic E-state index is 12.9. The highest BCUT2D eigenvalue weighted by atomic mass is 32.2. The Kier molecular flexibility index (Phi) is 5.44. The third kappa shape index (κ3) is 3.93. The summed E-state index contributed by atoms with van der Waals surface area (Å²) in [5, 5.41) is 8.51. The molecule has 29 heavy (non-hydrogen) atoms. The molecule has 1 aromatic carbocycles. The van der Waals surface area contributed by atoms with Crippen molar-refractivity contribution in [3.05, 3.63) is 41.7 Å². The van der Waals surface area contributed by atoms with E-state index in [0.717, 1.165) is 12.1 Å². The number of benzene rings is 1. The third-order valence-corrected chi connectivity index (χ3v) is 7.86. The largest absolute Gasteiger partial charge is 0.336 e. The zero-order valence-electron chi connectivity index (χ0n) is 16.9. The molecule has 1 aliphatic heterocycles. The number of sulfonamides is 1. The number of likely N-dealkylation sites (tertiary alicyclic amines) is 1. The normalized spacial score (nSPS) is 19.8. The van der Waals surface area contributed by atoms with Gasteiger partial charge in [-0.05, 0) is 43.5 Å². The number of carbonyl (C=O) groups excluding carboxylic acids is 1. The van der Waals surface area contributed by atoms with Gasteiger partial charge < -0.3 is 4.90 Å². The van der Waals surface area contributed by atoms with Crippen molar-refractivity contribution in [1.82, 2.24) is 24.2 Å². The molecular formula is C20H27N5O3S. The highest BCUT2D eigenvalue weighted by Crippen LogP contribution is 2.39. The molecule has 0 spiro atoms. The van der Waals surface area contributed by atoms with Crippen molar-refractivity contribution in [2.75, 3.05) is 26.2 Å². The first-order valence-corrected chi connectivity index (χ1v) is 11.7. The molecule has 8 nitrogen and oxygen atoms in total. The van der Waals surface area contributed by atoms with E-state index in [1.807, 2.05) is 24.7 Å². The number of hydrogen-bond donors (Lipinski definition) is 0. The Balaban J connectivity index is 1.43. The molecule has 2 heterocycles. The lowest BCUT2D eigenvalue weighted by Crippen LogP contribution is -2.31. The van der Waals surface area contributed by atoms with E-state index in [9.17, 15) is 13.2 Å². The van der Waals surface area contributed by atoms with Gasteiger partial charge >= 0.3 is 0 Å². The van der Waals surface area contributed by atoms with Crippen LogP contribution in [0.3, 0.4) is 0 Å². The Hall–Kier alpha value is -2.26. The van der Waals surface area contributed by atoms with Gasteiger partial charge in [0.15, 0.2) is 0 Å². The van der Waals surface area contributed by atoms with Crippen LogP contribution in [0.5, 0.6) is 0 Å². The van der Waals surface area contributed by atoms with Crippen molar-refractivity contribution in [2.45, 2.75) is 50.0 Å². The molecule has 1 saturated heterocycles. The summed E-state index contributed by atoms with van der Waals surface area (Å²) in [7, 11) is -3.52. The van der Waals surface area contributed by atoms with Crippen molar-refractivity contribution >= 4 is 15.9 Å². The summed E-state index contributed by atoms with van der Waals surface area (Å²) in [5.74, 6) is 0.482. The van der Waals surface area contributed by atoms with Crippen LogP contribution in [0.4, 0.5) is 0 Å². The van der Waals surface area contributed by atoms with Gasteiger partial charge in [0, 0.05) is 43.9 Å². The summed E-state index contributed by atoms with van der Waals surface area (Å²) >= 11 is 0. The summed E-state index contributed by atoms with van der Waals surface area (Å²) in [6.45, 7) is 5.70. The molecule has 2 fully saturated rings. The molecule has 1 amide bonds. The molecule has 2 aromatic rings. The first-order valence-electron chi connectivity index (χ1n) is 10.2. The minimum Gasteiger partial charge on any atom is -0.336 e. The minimum atomic E-state index is -3.52. The van der Waals surface area contributed by atoms with Gasteiger partial charge in [0.1, 0.15) is 0 Å². The Morgan fingerprint density at radius 3 is 2.45 bits per heavy atom. The summed E-state index contributed by atoms with van der Waals surface area (Å²) in [4.78, 5) is 14.9. The average molecular weight is 418 g/mol. The summed E-state index contributed by atoms with van der Waals surface area (Å²) in [6.07, 6.45) is 5.23. The van der Waals surface area contributed by atoms with Gasteiger partial charge in [-0.1, -0.05) is 19.1 Å². The van der Waals surface area contributed by atoms with Crippen LogP contribution >= 0.6 is 0 Å². The first-order chi connectivity index (χ1) is 13.9. The number of amides is 1. The van der Waals surface area contributed by atoms with E-state index in [1.54, 1.807) is 17.0 Å². The van der Waals surface area contributed by atoms with E-state index in [0.29, 0.717) is 37.7 Å². The Morgan fingerprint density at radius 1 is 1.14 bits per heavy atom. The highest BCUT2D eigenvalue weighted by molar-refractivity contribution is 7.89. The van der Waals surface area contributed by atoms with Gasteiger partial charge in [0.05, 0.1) is 16.6 Å². The second-order valence-electron chi connectivity index (χ2n) is 7.71. The molecular weight excluding hydrogens is 390 g/mol. The van der Waals surface area contributed by atoms with Crippen LogP contribution in [0.15, 0.2) is 35.4 Å². The lowest BCUT2D eigenvalue weighted by Gasteiger charge is -2.19. The SMILES string of the molecule is CCN(CC)S(=O)(=O)c1ccc(C(=O)N2CCC(n3cc(C4CC4)nn3)C2)cc1. The monoisotopic (exact) mass is 417 g/mol. The molecule has 2 aliphatic rings. The van der Waals surface area contributed by atoms with E-state index in [1.165, 1.54) is 29.3 Å². The van der Waals surface area contributed by atoms with E-state index < -0.39 is 10.0 Å². The molecule has 1 aromatic heterocycles. The Morgan fingerprint density at radius 2 is 1.83 bits per heavy atom. The maximum Gasteiger partial charge on any atom is 0.253 e. The molecule has 1 aliphatic carbocycles. The van der Waals surface area contributed by atoms with Gasteiger partial charge in [-0.15, -0.1) is 5.10 Å². The molecule has 0 bridgehead atoms. The van der Waals surface area contributed by atoms with Crippen LogP contribution in [0.1, 0.15) is 61.1 Å². The van der Waals surface area contributed by atoms with E-state index in [-0.39, 0.29) is 16.8 Å². The molecule has 156 valence electrons. The minimum absolute atomic E-state index is 0.0816. The van der Waals surface area contributed by atoms with E-state index in [4.69, 9.17) is 0 Å². The van der Waals surface area contributed by atoms with Gasteiger partial charge in [0.2, 0.25) is 10.0 Å². The van der Waals surface area contributed by atoms with Crippen molar-refractivity contribution in [3.8, 4) is 0 Å². The number of rotatable bonds is 7. The standard InChI is InChI=1S/C20H27N5O3S/c1-3-24(4-2)29(27,28)18-9-7-16(8-10-18)20(26)23-12-11-17(13-23)25-14-19(21-22-25)15-5-6-15/h7-10,14-15,17H,3-6,11-13H2,1-2H3. The fourth-order valence-electron chi connectivity index (χ4n) is 3.84. The van der Waals surface area contributed by atoms with Crippen molar-refractivity contribution in [2.24, 2.45) is 0 Å². The van der Waals surface area contributed by atoms with Crippen LogP contribution in [0.2, 0.25) is 0 Å². The van der Waals surface area contributed by atoms with Gasteiger partial charge in [-0.2, -0.15) is 4.31 Å². The van der Waals surface area contributed by atoms with Crippen LogP contribution in [0, 0.1) is 0 Å². The first kappa shape index (κ1) is 20.0. The van der Waals surface area contributed by atoms with Crippen molar-refractivity contribution < 1.29 is 13.2 Å². The molecule has 4 rings (SSSR count). The van der Waals surface area contributed by atoms with Gasteiger partial charge in [-0.25, -0.2) is 13.1 Å². The van der Waals surface area contributed by atoms with E-state index in [2.05, 4.69) is 10.3 Å². The predicted octanol–water partition coefficient (Wildman–Crippen LogP) is 2.27. The lowest BCUT2D eigenvalue weighted by molar-refractivity contribution is 0.0787. The Bertz CT molecular complexity index is 978. The van der Waals surface area contributed by atoms with Gasteiger partial charge in [-0.3, -0.25) is 4.79 Å². The predicted molar refractivity (Wildman–Crippen MR) is 108 cm³/mol. The highest BCUT2D eigenvalue weighted by Gasteiger charge is 2.31. The third-order valence-electron chi connectivity index (χ3n) is 5.79. The molecule has 1 unspecified atom stereocenters. The molecule has 0 N–H and O–H groups in total. The number of hydrogen-bond acceptors (Lipinski definition) is 5. The topological polar surface area (TPSA) is 88.4 Å². The molecule has 9 heteroatoms. The fourth-order valence-corrected chi connectivity index (χ4v) is 5.30. The fraction of sp³-hybridized carbons (Fsp3) is 0.550. The summed E-state index contributed by atoms with van der Waals surface area (Å²) in [6, 6.07) is 6.39. The number of carbonyl (C=O) groups is 1. The second-order valence-corrected chi connectivity index (χ2v) is 9.64. The van der Waals surface area contributed by atoms with Gasteiger partial charge in [0.25, 0.3) is 5.91 Å².